The highest BCUT2D eigenvalue weighted by Gasteiger charge is 2.51. The third-order valence-electron chi connectivity index (χ3n) is 6.55. The molecule has 1 fully saturated rings. The van der Waals surface area contributed by atoms with Gasteiger partial charge >= 0.3 is 5.97 Å². The molecule has 1 aliphatic rings. The number of aliphatic carboxylic acids is 1. The summed E-state index contributed by atoms with van der Waals surface area (Å²) in [5.74, 6) is -2.17. The molecule has 2 atom stereocenters. The van der Waals surface area contributed by atoms with Crippen molar-refractivity contribution in [2.45, 2.75) is 61.3 Å². The minimum atomic E-state index is -3.99. The Labute approximate surface area is 244 Å². The van der Waals surface area contributed by atoms with Crippen LogP contribution >= 0.6 is 11.8 Å². The average Bonchev–Trinajstić information content (AvgIpc) is 3.25. The first-order chi connectivity index (χ1) is 19.3. The number of nitrogens with two attached hydrogens (primary N) is 1. The molecule has 41 heavy (non-hydrogen) atoms. The van der Waals surface area contributed by atoms with E-state index in [1.165, 1.54) is 23.9 Å². The van der Waals surface area contributed by atoms with Gasteiger partial charge in [-0.1, -0.05) is 30.3 Å². The topological polar surface area (TPSA) is 195 Å². The van der Waals surface area contributed by atoms with Gasteiger partial charge in [0.1, 0.15) is 12.1 Å². The molecular weight excluding hydrogens is 568 g/mol. The molecule has 0 aliphatic carbocycles. The molecule has 0 saturated carbocycles. The third kappa shape index (κ3) is 8.68. The van der Waals surface area contributed by atoms with Crippen molar-refractivity contribution in [2.75, 3.05) is 17.7 Å². The van der Waals surface area contributed by atoms with Crippen molar-refractivity contribution >= 4 is 51.2 Å². The Balaban J connectivity index is 1.63. The highest BCUT2D eigenvalue weighted by Crippen LogP contribution is 2.42. The largest absolute Gasteiger partial charge is 0.480 e. The summed E-state index contributed by atoms with van der Waals surface area (Å²) < 4.78 is 27.0. The average molecular weight is 605 g/mol. The number of amides is 2. The Hall–Kier alpha value is -3.62. The zero-order chi connectivity index (χ0) is 30.2. The van der Waals surface area contributed by atoms with E-state index in [9.17, 15) is 27.9 Å². The number of nitrogens with one attached hydrogen (secondary N) is 4. The van der Waals surface area contributed by atoms with E-state index in [0.29, 0.717) is 37.1 Å². The number of nitrogens with zero attached hydrogens (tertiary/aromatic N) is 1. The lowest BCUT2D eigenvalue weighted by molar-refractivity contribution is -0.142. The summed E-state index contributed by atoms with van der Waals surface area (Å²) >= 11 is 1.31. The Morgan fingerprint density at radius 1 is 1.12 bits per heavy atom. The number of carbonyl (C=O) groups is 3. The van der Waals surface area contributed by atoms with Gasteiger partial charge in [-0.2, -0.15) is 4.31 Å². The van der Waals surface area contributed by atoms with Crippen molar-refractivity contribution in [1.29, 1.82) is 5.41 Å². The van der Waals surface area contributed by atoms with Crippen molar-refractivity contribution in [3.63, 3.8) is 0 Å². The first kappa shape index (κ1) is 31.9. The first-order valence-electron chi connectivity index (χ1n) is 13.0. The number of rotatable bonds is 13. The van der Waals surface area contributed by atoms with Gasteiger partial charge in [0.05, 0.1) is 10.8 Å². The molecule has 0 radical (unpaired) electrons. The Morgan fingerprint density at radius 2 is 1.78 bits per heavy atom. The summed E-state index contributed by atoms with van der Waals surface area (Å²) in [6.07, 6.45) is 1.55. The maximum atomic E-state index is 13.4. The lowest BCUT2D eigenvalue weighted by atomic mass is 10.0. The molecule has 2 aromatic rings. The van der Waals surface area contributed by atoms with Gasteiger partial charge in [-0.15, -0.1) is 11.8 Å². The van der Waals surface area contributed by atoms with Gasteiger partial charge in [0, 0.05) is 29.8 Å². The predicted molar refractivity (Wildman–Crippen MR) is 158 cm³/mol. The fourth-order valence-electron chi connectivity index (χ4n) is 4.38. The summed E-state index contributed by atoms with van der Waals surface area (Å²) in [6, 6.07) is 12.0. The molecule has 12 nitrogen and oxygen atoms in total. The summed E-state index contributed by atoms with van der Waals surface area (Å²) in [5.41, 5.74) is 6.37. The Kier molecular flexibility index (Phi) is 10.8. The molecule has 0 bridgehead atoms. The molecule has 2 aromatic carbocycles. The van der Waals surface area contributed by atoms with Crippen LogP contribution in [0.4, 0.5) is 5.69 Å². The summed E-state index contributed by atoms with van der Waals surface area (Å²) in [7, 11) is -3.99. The molecule has 3 rings (SSSR count). The number of carboxylic acids is 1. The zero-order valence-electron chi connectivity index (χ0n) is 22.9. The van der Waals surface area contributed by atoms with Crippen LogP contribution in [-0.2, 0) is 30.8 Å². The molecule has 1 saturated heterocycles. The van der Waals surface area contributed by atoms with Crippen LogP contribution < -0.4 is 21.7 Å². The van der Waals surface area contributed by atoms with E-state index in [1.807, 2.05) is 0 Å². The van der Waals surface area contributed by atoms with Gasteiger partial charge in [-0.05, 0) is 56.5 Å². The monoisotopic (exact) mass is 604 g/mol. The second-order valence-corrected chi connectivity index (χ2v) is 13.6. The van der Waals surface area contributed by atoms with Crippen LogP contribution in [0, 0.1) is 5.41 Å². The quantitative estimate of drug-likeness (QED) is 0.112. The SMILES string of the molecule is CC1(C)SCN(S(=O)(=O)c2ccccc2)[C@@H]1C(=O)N[C@@H](Cc1ccc(NC(=O)CCCCNC(=N)N)cc1)C(=O)O. The lowest BCUT2D eigenvalue weighted by Gasteiger charge is -2.31. The van der Waals surface area contributed by atoms with E-state index >= 15 is 0 Å². The zero-order valence-corrected chi connectivity index (χ0v) is 24.6. The maximum absolute atomic E-state index is 13.4. The number of hydrogen-bond donors (Lipinski definition) is 6. The molecule has 222 valence electrons. The van der Waals surface area contributed by atoms with E-state index in [0.717, 1.165) is 4.31 Å². The Bertz CT molecular complexity index is 1350. The number of thioether (sulfide) groups is 1. The van der Waals surface area contributed by atoms with Gasteiger partial charge in [-0.3, -0.25) is 15.0 Å². The highest BCUT2D eigenvalue weighted by atomic mass is 32.2. The van der Waals surface area contributed by atoms with Crippen molar-refractivity contribution in [1.82, 2.24) is 14.9 Å². The van der Waals surface area contributed by atoms with Crippen LogP contribution in [-0.4, -0.2) is 70.8 Å². The highest BCUT2D eigenvalue weighted by molar-refractivity contribution is 8.02. The van der Waals surface area contributed by atoms with Crippen LogP contribution in [0.5, 0.6) is 0 Å². The predicted octanol–water partition coefficient (Wildman–Crippen LogP) is 1.93. The van der Waals surface area contributed by atoms with Crippen LogP contribution in [0.3, 0.4) is 0 Å². The van der Waals surface area contributed by atoms with Gasteiger partial charge in [0.25, 0.3) is 0 Å². The number of sulfonamides is 1. The normalized spacial score (nSPS) is 17.4. The van der Waals surface area contributed by atoms with Crippen LogP contribution in [0.1, 0.15) is 38.7 Å². The number of benzene rings is 2. The van der Waals surface area contributed by atoms with E-state index in [-0.39, 0.29) is 29.1 Å². The number of hydrogen-bond acceptors (Lipinski definition) is 7. The number of anilines is 1. The van der Waals surface area contributed by atoms with Crippen molar-refractivity contribution in [3.8, 4) is 0 Å². The standard InChI is InChI=1S/C27H36N6O6S2/c1-27(2)23(33(17-40-27)41(38,39)20-8-4-3-5-9-20)24(35)32-21(25(36)37)16-18-11-13-19(14-12-18)31-22(34)10-6-7-15-30-26(28)29/h3-5,8-9,11-14,21,23H,6-7,10,15-17H2,1-2H3,(H,31,34)(H,32,35)(H,36,37)(H4,28,29,30)/t21-,23+/m0/s1. The number of guanidine groups is 1. The molecule has 0 spiro atoms. The molecule has 1 heterocycles. The summed E-state index contributed by atoms with van der Waals surface area (Å²) in [6.45, 7) is 4.03. The van der Waals surface area contributed by atoms with Crippen molar-refractivity contribution < 1.29 is 27.9 Å². The second kappa shape index (κ2) is 13.8. The molecule has 7 N–H and O–H groups in total. The molecule has 0 unspecified atom stereocenters. The number of carboxylic acid groups (broad SMARTS) is 1. The van der Waals surface area contributed by atoms with E-state index in [2.05, 4.69) is 16.0 Å². The van der Waals surface area contributed by atoms with Crippen LogP contribution in [0.2, 0.25) is 0 Å². The minimum Gasteiger partial charge on any atom is -0.480 e. The van der Waals surface area contributed by atoms with Gasteiger partial charge in [0.2, 0.25) is 21.8 Å². The van der Waals surface area contributed by atoms with Crippen molar-refractivity contribution in [3.05, 3.63) is 60.2 Å². The number of carbonyl (C=O) groups excluding carboxylic acids is 2. The minimum absolute atomic E-state index is 0.0375. The van der Waals surface area contributed by atoms with Crippen LogP contribution in [0.15, 0.2) is 59.5 Å². The molecule has 14 heteroatoms. The summed E-state index contributed by atoms with van der Waals surface area (Å²) in [5, 5.41) is 25.0. The fourth-order valence-corrected chi connectivity index (χ4v) is 7.57. The molecule has 1 aliphatic heterocycles. The smallest absolute Gasteiger partial charge is 0.326 e. The molecular formula is C27H36N6O6S2. The first-order valence-corrected chi connectivity index (χ1v) is 15.4. The molecule has 0 aromatic heterocycles. The fraction of sp³-hybridized carbons (Fsp3) is 0.407. The van der Waals surface area contributed by atoms with Gasteiger partial charge in [-0.25, -0.2) is 13.2 Å². The van der Waals surface area contributed by atoms with Gasteiger partial charge in [0.15, 0.2) is 5.96 Å². The van der Waals surface area contributed by atoms with Crippen LogP contribution in [0.25, 0.3) is 0 Å². The molecule has 2 amide bonds. The Morgan fingerprint density at radius 3 is 2.39 bits per heavy atom. The van der Waals surface area contributed by atoms with Crippen molar-refractivity contribution in [2.24, 2.45) is 5.73 Å². The lowest BCUT2D eigenvalue weighted by Crippen LogP contribution is -2.56. The number of unbranched alkanes of at least 4 members (excludes halogenated alkanes) is 1. The second-order valence-electron chi connectivity index (χ2n) is 10.1. The van der Waals surface area contributed by atoms with E-state index < -0.39 is 38.7 Å². The van der Waals surface area contributed by atoms with E-state index in [1.54, 1.807) is 56.3 Å². The third-order valence-corrected chi connectivity index (χ3v) is 9.91. The van der Waals surface area contributed by atoms with Gasteiger partial charge < -0.3 is 26.8 Å². The summed E-state index contributed by atoms with van der Waals surface area (Å²) in [4.78, 5) is 37.7. The maximum Gasteiger partial charge on any atom is 0.326 e. The van der Waals surface area contributed by atoms with E-state index in [4.69, 9.17) is 11.1 Å².